The summed E-state index contributed by atoms with van der Waals surface area (Å²) < 4.78 is 5.63. The third kappa shape index (κ3) is 4.50. The molecule has 0 saturated carbocycles. The summed E-state index contributed by atoms with van der Waals surface area (Å²) >= 11 is 1.58. The number of amidine groups is 1. The molecule has 2 aromatic rings. The number of benzene rings is 2. The van der Waals surface area contributed by atoms with E-state index >= 15 is 0 Å². The highest BCUT2D eigenvalue weighted by molar-refractivity contribution is 8.14. The van der Waals surface area contributed by atoms with E-state index in [1.54, 1.807) is 40.9 Å². The predicted octanol–water partition coefficient (Wildman–Crippen LogP) is 3.85. The Labute approximate surface area is 163 Å². The molecule has 138 valence electrons. The highest BCUT2D eigenvalue weighted by Crippen LogP contribution is 2.33. The molecule has 1 saturated heterocycles. The van der Waals surface area contributed by atoms with Crippen LogP contribution in [-0.2, 0) is 11.3 Å². The second kappa shape index (κ2) is 8.28. The first kappa shape index (κ1) is 19.0. The third-order valence-corrected chi connectivity index (χ3v) is 5.62. The standard InChI is InChI=1S/C21H21N3O2S/c1-21(2)15-27-20(23-13-16-8-4-3-5-9-16)24(21)19(25)14-26-18-11-7-6-10-17(18)12-22/h3-11H,13-15H2,1-2H3. The summed E-state index contributed by atoms with van der Waals surface area (Å²) in [5, 5.41) is 9.86. The van der Waals surface area contributed by atoms with Crippen LogP contribution in [0.1, 0.15) is 25.0 Å². The van der Waals surface area contributed by atoms with Gasteiger partial charge in [-0.15, -0.1) is 0 Å². The van der Waals surface area contributed by atoms with Gasteiger partial charge in [0.1, 0.15) is 11.8 Å². The molecule has 0 unspecified atom stereocenters. The number of rotatable bonds is 5. The number of hydrogen-bond acceptors (Lipinski definition) is 5. The van der Waals surface area contributed by atoms with Crippen molar-refractivity contribution in [2.45, 2.75) is 25.9 Å². The van der Waals surface area contributed by atoms with Gasteiger partial charge in [0, 0.05) is 5.75 Å². The minimum atomic E-state index is -0.338. The number of ether oxygens (including phenoxy) is 1. The summed E-state index contributed by atoms with van der Waals surface area (Å²) in [7, 11) is 0. The first-order chi connectivity index (χ1) is 13.0. The molecule has 1 fully saturated rings. The molecule has 3 rings (SSSR count). The van der Waals surface area contributed by atoms with Crippen molar-refractivity contribution in [1.82, 2.24) is 4.90 Å². The Hall–Kier alpha value is -2.78. The van der Waals surface area contributed by atoms with Gasteiger partial charge >= 0.3 is 0 Å². The van der Waals surface area contributed by atoms with E-state index in [0.717, 1.165) is 11.3 Å². The molecule has 0 spiro atoms. The molecule has 0 bridgehead atoms. The zero-order valence-electron chi connectivity index (χ0n) is 15.4. The quantitative estimate of drug-likeness (QED) is 0.791. The summed E-state index contributed by atoms with van der Waals surface area (Å²) in [5.41, 5.74) is 1.18. The second-order valence-corrected chi connectivity index (χ2v) is 7.75. The van der Waals surface area contributed by atoms with Crippen LogP contribution in [0.5, 0.6) is 5.75 Å². The topological polar surface area (TPSA) is 65.7 Å². The normalized spacial score (nSPS) is 16.9. The Morgan fingerprint density at radius 2 is 1.93 bits per heavy atom. The lowest BCUT2D eigenvalue weighted by atomic mass is 10.1. The summed E-state index contributed by atoms with van der Waals surface area (Å²) in [6.45, 7) is 4.44. The van der Waals surface area contributed by atoms with Gasteiger partial charge in [-0.1, -0.05) is 54.2 Å². The fourth-order valence-electron chi connectivity index (χ4n) is 2.82. The first-order valence-corrected chi connectivity index (χ1v) is 9.66. The van der Waals surface area contributed by atoms with Crippen molar-refractivity contribution in [2.75, 3.05) is 12.4 Å². The lowest BCUT2D eigenvalue weighted by molar-refractivity contribution is -0.132. The summed E-state index contributed by atoms with van der Waals surface area (Å²) in [4.78, 5) is 19.3. The molecule has 0 atom stereocenters. The van der Waals surface area contributed by atoms with Crippen molar-refractivity contribution < 1.29 is 9.53 Å². The van der Waals surface area contributed by atoms with Crippen LogP contribution in [0.15, 0.2) is 59.6 Å². The molecule has 2 aromatic carbocycles. The molecule has 6 heteroatoms. The largest absolute Gasteiger partial charge is 0.482 e. The van der Waals surface area contributed by atoms with Crippen LogP contribution in [0, 0.1) is 11.3 Å². The van der Waals surface area contributed by atoms with Crippen molar-refractivity contribution in [2.24, 2.45) is 4.99 Å². The number of nitrogens with zero attached hydrogens (tertiary/aromatic N) is 3. The minimum absolute atomic E-state index is 0.132. The van der Waals surface area contributed by atoms with Crippen LogP contribution in [0.3, 0.4) is 0 Å². The van der Waals surface area contributed by atoms with Crippen molar-refractivity contribution in [3.05, 3.63) is 65.7 Å². The van der Waals surface area contributed by atoms with Crippen LogP contribution >= 0.6 is 11.8 Å². The van der Waals surface area contributed by atoms with E-state index in [2.05, 4.69) is 11.1 Å². The number of carbonyl (C=O) groups is 1. The van der Waals surface area contributed by atoms with Crippen molar-refractivity contribution in [3.8, 4) is 11.8 Å². The third-order valence-electron chi connectivity index (χ3n) is 4.20. The molecule has 0 N–H and O–H groups in total. The molecular weight excluding hydrogens is 358 g/mol. The van der Waals surface area contributed by atoms with E-state index in [-0.39, 0.29) is 18.1 Å². The molecule has 0 radical (unpaired) electrons. The lowest BCUT2D eigenvalue weighted by Crippen LogP contribution is -2.48. The number of thioether (sulfide) groups is 1. The molecule has 0 aromatic heterocycles. The van der Waals surface area contributed by atoms with Crippen molar-refractivity contribution in [1.29, 1.82) is 5.26 Å². The average Bonchev–Trinajstić information content (AvgIpc) is 2.99. The Morgan fingerprint density at radius 3 is 2.67 bits per heavy atom. The van der Waals surface area contributed by atoms with Gasteiger partial charge in [0.05, 0.1) is 17.6 Å². The highest BCUT2D eigenvalue weighted by atomic mass is 32.2. The van der Waals surface area contributed by atoms with Gasteiger partial charge in [-0.25, -0.2) is 0 Å². The first-order valence-electron chi connectivity index (χ1n) is 8.67. The SMILES string of the molecule is CC1(C)CSC(=NCc2ccccc2)N1C(=O)COc1ccccc1C#N. The Morgan fingerprint density at radius 1 is 1.22 bits per heavy atom. The van der Waals surface area contributed by atoms with E-state index in [4.69, 9.17) is 10.00 Å². The minimum Gasteiger partial charge on any atom is -0.482 e. The van der Waals surface area contributed by atoms with E-state index in [1.165, 1.54) is 0 Å². The number of hydrogen-bond donors (Lipinski definition) is 0. The van der Waals surface area contributed by atoms with Gasteiger partial charge in [0.15, 0.2) is 11.8 Å². The zero-order valence-corrected chi connectivity index (χ0v) is 16.2. The van der Waals surface area contributed by atoms with Crippen LogP contribution in [0.25, 0.3) is 0 Å². The maximum atomic E-state index is 12.9. The summed E-state index contributed by atoms with van der Waals surface area (Å²) in [6, 6.07) is 18.9. The molecular formula is C21H21N3O2S. The van der Waals surface area contributed by atoms with Crippen molar-refractivity contribution >= 4 is 22.8 Å². The van der Waals surface area contributed by atoms with E-state index in [1.807, 2.05) is 44.2 Å². The molecule has 1 amide bonds. The van der Waals surface area contributed by atoms with Crippen LogP contribution in [0.2, 0.25) is 0 Å². The fraction of sp³-hybridized carbons (Fsp3) is 0.286. The van der Waals surface area contributed by atoms with Crippen LogP contribution in [-0.4, -0.2) is 33.9 Å². The monoisotopic (exact) mass is 379 g/mol. The maximum absolute atomic E-state index is 12.9. The number of aliphatic imine (C=N–C) groups is 1. The van der Waals surface area contributed by atoms with Gasteiger partial charge in [0.25, 0.3) is 5.91 Å². The average molecular weight is 379 g/mol. The number of nitriles is 1. The fourth-order valence-corrected chi connectivity index (χ4v) is 4.07. The van der Waals surface area contributed by atoms with Gasteiger partial charge in [-0.2, -0.15) is 5.26 Å². The van der Waals surface area contributed by atoms with Gasteiger partial charge < -0.3 is 4.74 Å². The molecule has 27 heavy (non-hydrogen) atoms. The summed E-state index contributed by atoms with van der Waals surface area (Å²) in [5.74, 6) is 1.03. The smallest absolute Gasteiger partial charge is 0.266 e. The Bertz CT molecular complexity index is 888. The van der Waals surface area contributed by atoms with Gasteiger partial charge in [-0.3, -0.25) is 14.7 Å². The molecule has 1 heterocycles. The number of carbonyl (C=O) groups excluding carboxylic acids is 1. The molecule has 1 aliphatic heterocycles. The Kier molecular flexibility index (Phi) is 5.82. The number of amides is 1. The number of para-hydroxylation sites is 1. The zero-order chi connectivity index (χ0) is 19.3. The van der Waals surface area contributed by atoms with Gasteiger partial charge in [-0.05, 0) is 31.5 Å². The summed E-state index contributed by atoms with van der Waals surface area (Å²) in [6.07, 6.45) is 0. The highest BCUT2D eigenvalue weighted by Gasteiger charge is 2.41. The van der Waals surface area contributed by atoms with Crippen molar-refractivity contribution in [3.63, 3.8) is 0 Å². The van der Waals surface area contributed by atoms with Gasteiger partial charge in [0.2, 0.25) is 0 Å². The van der Waals surface area contributed by atoms with E-state index < -0.39 is 0 Å². The molecule has 0 aliphatic carbocycles. The van der Waals surface area contributed by atoms with Crippen LogP contribution < -0.4 is 4.74 Å². The predicted molar refractivity (Wildman–Crippen MR) is 108 cm³/mol. The Balaban J connectivity index is 1.73. The second-order valence-electron chi connectivity index (χ2n) is 6.81. The lowest BCUT2D eigenvalue weighted by Gasteiger charge is -2.30. The molecule has 5 nitrogen and oxygen atoms in total. The van der Waals surface area contributed by atoms with Crippen LogP contribution in [0.4, 0.5) is 0 Å². The van der Waals surface area contributed by atoms with E-state index in [9.17, 15) is 4.79 Å². The maximum Gasteiger partial charge on any atom is 0.266 e. The molecule has 1 aliphatic rings. The van der Waals surface area contributed by atoms with E-state index in [0.29, 0.717) is 23.0 Å².